The van der Waals surface area contributed by atoms with E-state index < -0.39 is 11.5 Å². The third-order valence-electron chi connectivity index (χ3n) is 3.48. The molecule has 0 radical (unpaired) electrons. The molecule has 0 aromatic heterocycles. The van der Waals surface area contributed by atoms with Gasteiger partial charge in [0, 0.05) is 16.7 Å². The second kappa shape index (κ2) is 6.50. The Labute approximate surface area is 123 Å². The molecule has 4 nitrogen and oxygen atoms in total. The second-order valence-corrected chi connectivity index (χ2v) is 6.50. The fourth-order valence-electron chi connectivity index (χ4n) is 1.98. The molecule has 1 atom stereocenters. The van der Waals surface area contributed by atoms with Gasteiger partial charge in [0.2, 0.25) is 0 Å². The maximum atomic E-state index is 11.4. The molecule has 0 bridgehead atoms. The summed E-state index contributed by atoms with van der Waals surface area (Å²) in [4.78, 5) is 12.5. The number of nitrogens with one attached hydrogen (secondary N) is 1. The summed E-state index contributed by atoms with van der Waals surface area (Å²) in [6.45, 7) is 1.78. The van der Waals surface area contributed by atoms with Crippen LogP contribution in [0.1, 0.15) is 26.2 Å². The second-order valence-electron chi connectivity index (χ2n) is 5.33. The van der Waals surface area contributed by atoms with Gasteiger partial charge in [-0.2, -0.15) is 0 Å². The fraction of sp³-hybridized carbons (Fsp3) is 0.533. The van der Waals surface area contributed by atoms with E-state index in [2.05, 4.69) is 5.32 Å². The van der Waals surface area contributed by atoms with E-state index >= 15 is 0 Å². The lowest BCUT2D eigenvalue weighted by atomic mass is 9.99. The molecule has 2 rings (SSSR count). The van der Waals surface area contributed by atoms with Crippen LogP contribution in [0.4, 0.5) is 0 Å². The largest absolute Gasteiger partial charge is 0.497 e. The molecule has 1 aromatic carbocycles. The molecule has 20 heavy (non-hydrogen) atoms. The van der Waals surface area contributed by atoms with Crippen molar-refractivity contribution in [2.45, 2.75) is 42.7 Å². The summed E-state index contributed by atoms with van der Waals surface area (Å²) in [6.07, 6.45) is 2.78. The van der Waals surface area contributed by atoms with Crippen molar-refractivity contribution < 1.29 is 14.6 Å². The lowest BCUT2D eigenvalue weighted by Crippen LogP contribution is -2.50. The monoisotopic (exact) mass is 295 g/mol. The highest BCUT2D eigenvalue weighted by Gasteiger charge is 2.37. The van der Waals surface area contributed by atoms with Gasteiger partial charge in [0.15, 0.2) is 0 Å². The Morgan fingerprint density at radius 2 is 2.30 bits per heavy atom. The molecule has 0 aliphatic heterocycles. The summed E-state index contributed by atoms with van der Waals surface area (Å²) >= 11 is 1.66. The van der Waals surface area contributed by atoms with Gasteiger partial charge in [-0.3, -0.25) is 10.1 Å². The summed E-state index contributed by atoms with van der Waals surface area (Å²) in [6, 6.07) is 8.22. The van der Waals surface area contributed by atoms with E-state index in [1.54, 1.807) is 25.8 Å². The quantitative estimate of drug-likeness (QED) is 0.722. The summed E-state index contributed by atoms with van der Waals surface area (Å²) in [7, 11) is 1.64. The first-order chi connectivity index (χ1) is 9.53. The molecule has 0 spiro atoms. The highest BCUT2D eigenvalue weighted by molar-refractivity contribution is 7.99. The van der Waals surface area contributed by atoms with E-state index in [-0.39, 0.29) is 0 Å². The van der Waals surface area contributed by atoms with E-state index in [0.717, 1.165) is 29.2 Å². The van der Waals surface area contributed by atoms with Crippen LogP contribution in [0.15, 0.2) is 29.2 Å². The normalized spacial score (nSPS) is 17.5. The molecule has 1 unspecified atom stereocenters. The Morgan fingerprint density at radius 1 is 1.55 bits per heavy atom. The van der Waals surface area contributed by atoms with Crippen LogP contribution >= 0.6 is 11.8 Å². The zero-order valence-corrected chi connectivity index (χ0v) is 12.7. The van der Waals surface area contributed by atoms with Gasteiger partial charge in [0.1, 0.15) is 11.3 Å². The third kappa shape index (κ3) is 4.15. The predicted molar refractivity (Wildman–Crippen MR) is 80.5 cm³/mol. The maximum Gasteiger partial charge on any atom is 0.323 e. The van der Waals surface area contributed by atoms with Gasteiger partial charge in [-0.25, -0.2) is 0 Å². The topological polar surface area (TPSA) is 58.6 Å². The number of carboxylic acids is 1. The summed E-state index contributed by atoms with van der Waals surface area (Å²) in [5.41, 5.74) is -0.826. The Kier molecular flexibility index (Phi) is 4.94. The minimum Gasteiger partial charge on any atom is -0.497 e. The molecule has 0 heterocycles. The van der Waals surface area contributed by atoms with Crippen molar-refractivity contribution >= 4 is 17.7 Å². The molecule has 2 N–H and O–H groups in total. The number of hydrogen-bond donors (Lipinski definition) is 2. The highest BCUT2D eigenvalue weighted by atomic mass is 32.2. The van der Waals surface area contributed by atoms with Crippen LogP contribution in [-0.4, -0.2) is 35.5 Å². The number of aliphatic carboxylic acids is 1. The Hall–Kier alpha value is -1.20. The van der Waals surface area contributed by atoms with E-state index in [1.165, 1.54) is 0 Å². The molecule has 0 amide bonds. The molecule has 1 aliphatic carbocycles. The molecular formula is C15H21NO3S. The number of thioether (sulfide) groups is 1. The van der Waals surface area contributed by atoms with E-state index in [1.807, 2.05) is 24.3 Å². The lowest BCUT2D eigenvalue weighted by Gasteiger charge is -2.26. The van der Waals surface area contributed by atoms with Crippen LogP contribution in [0, 0.1) is 0 Å². The van der Waals surface area contributed by atoms with Crippen molar-refractivity contribution in [1.82, 2.24) is 5.32 Å². The molecular weight excluding hydrogens is 274 g/mol. The smallest absolute Gasteiger partial charge is 0.323 e. The molecule has 0 saturated heterocycles. The van der Waals surface area contributed by atoms with Crippen LogP contribution in [0.2, 0.25) is 0 Å². The van der Waals surface area contributed by atoms with Crippen molar-refractivity contribution in [2.24, 2.45) is 0 Å². The number of benzene rings is 1. The number of carbonyl (C=O) groups is 1. The molecule has 1 aromatic rings. The fourth-order valence-corrected chi connectivity index (χ4v) is 3.10. The van der Waals surface area contributed by atoms with Crippen molar-refractivity contribution in [2.75, 3.05) is 12.9 Å². The third-order valence-corrected chi connectivity index (χ3v) is 4.48. The van der Waals surface area contributed by atoms with Crippen LogP contribution in [0.25, 0.3) is 0 Å². The van der Waals surface area contributed by atoms with Crippen molar-refractivity contribution in [3.8, 4) is 5.75 Å². The minimum atomic E-state index is -0.826. The minimum absolute atomic E-state index is 0.387. The first-order valence-corrected chi connectivity index (χ1v) is 7.80. The van der Waals surface area contributed by atoms with Crippen LogP contribution in [0.3, 0.4) is 0 Å². The van der Waals surface area contributed by atoms with Gasteiger partial charge in [0.25, 0.3) is 0 Å². The Bertz CT molecular complexity index is 476. The van der Waals surface area contributed by atoms with Gasteiger partial charge < -0.3 is 9.84 Å². The number of methoxy groups -OCH3 is 1. The average Bonchev–Trinajstić information content (AvgIpc) is 3.22. The van der Waals surface area contributed by atoms with Crippen LogP contribution in [-0.2, 0) is 4.79 Å². The zero-order valence-electron chi connectivity index (χ0n) is 11.9. The molecule has 1 saturated carbocycles. The number of ether oxygens (including phenoxy) is 1. The van der Waals surface area contributed by atoms with Gasteiger partial charge in [-0.05, 0) is 44.4 Å². The first kappa shape index (κ1) is 15.2. The van der Waals surface area contributed by atoms with E-state index in [4.69, 9.17) is 4.74 Å². The summed E-state index contributed by atoms with van der Waals surface area (Å²) < 4.78 is 5.18. The number of carboxylic acid groups (broad SMARTS) is 1. The Morgan fingerprint density at radius 3 is 2.90 bits per heavy atom. The van der Waals surface area contributed by atoms with Gasteiger partial charge >= 0.3 is 5.97 Å². The Balaban J connectivity index is 1.87. The molecule has 1 fully saturated rings. The number of rotatable bonds is 8. The van der Waals surface area contributed by atoms with Crippen molar-refractivity contribution in [3.63, 3.8) is 0 Å². The molecule has 5 heteroatoms. The van der Waals surface area contributed by atoms with Gasteiger partial charge in [0.05, 0.1) is 7.11 Å². The number of hydrogen-bond acceptors (Lipinski definition) is 4. The van der Waals surface area contributed by atoms with Crippen LogP contribution in [0.5, 0.6) is 5.75 Å². The van der Waals surface area contributed by atoms with Crippen molar-refractivity contribution in [3.05, 3.63) is 24.3 Å². The summed E-state index contributed by atoms with van der Waals surface area (Å²) in [5, 5.41) is 12.6. The van der Waals surface area contributed by atoms with Crippen LogP contribution < -0.4 is 10.1 Å². The first-order valence-electron chi connectivity index (χ1n) is 6.81. The molecule has 1 aliphatic rings. The zero-order chi connectivity index (χ0) is 14.6. The maximum absolute atomic E-state index is 11.4. The standard InChI is InChI=1S/C15H21NO3S/c1-15(14(17)18,16-11-6-7-11)8-9-20-13-5-3-4-12(10-13)19-2/h3-5,10-11,16H,6-9H2,1-2H3,(H,17,18). The van der Waals surface area contributed by atoms with Gasteiger partial charge in [-0.1, -0.05) is 6.07 Å². The lowest BCUT2D eigenvalue weighted by molar-refractivity contribution is -0.144. The van der Waals surface area contributed by atoms with Crippen molar-refractivity contribution in [1.29, 1.82) is 0 Å². The van der Waals surface area contributed by atoms with E-state index in [9.17, 15) is 9.90 Å². The molecule has 110 valence electrons. The summed E-state index contributed by atoms with van der Waals surface area (Å²) in [5.74, 6) is 0.818. The highest BCUT2D eigenvalue weighted by Crippen LogP contribution is 2.28. The van der Waals surface area contributed by atoms with E-state index in [0.29, 0.717) is 12.5 Å². The SMILES string of the molecule is COc1cccc(SCCC(C)(NC2CC2)C(=O)O)c1. The van der Waals surface area contributed by atoms with Gasteiger partial charge in [-0.15, -0.1) is 11.8 Å². The predicted octanol–water partition coefficient (Wildman–Crippen LogP) is 2.77. The average molecular weight is 295 g/mol.